The van der Waals surface area contributed by atoms with Crippen molar-refractivity contribution in [3.05, 3.63) is 52.6 Å². The van der Waals surface area contributed by atoms with Crippen LogP contribution in [0.2, 0.25) is 0 Å². The highest BCUT2D eigenvalue weighted by Gasteiger charge is 2.34. The first kappa shape index (κ1) is 14.6. The predicted molar refractivity (Wildman–Crippen MR) is 89.1 cm³/mol. The highest BCUT2D eigenvalue weighted by molar-refractivity contribution is 5.61. The van der Waals surface area contributed by atoms with Crippen LogP contribution in [0, 0.1) is 5.92 Å². The molecule has 0 bridgehead atoms. The van der Waals surface area contributed by atoms with Crippen LogP contribution in [0.15, 0.2) is 47.1 Å². The van der Waals surface area contributed by atoms with E-state index in [9.17, 15) is 0 Å². The normalized spacial score (nSPS) is 28.1. The van der Waals surface area contributed by atoms with Crippen molar-refractivity contribution in [3.8, 4) is 0 Å². The summed E-state index contributed by atoms with van der Waals surface area (Å²) >= 11 is 0. The van der Waals surface area contributed by atoms with Crippen molar-refractivity contribution in [2.45, 2.75) is 58.7 Å². The van der Waals surface area contributed by atoms with E-state index in [1.165, 1.54) is 42.4 Å². The summed E-state index contributed by atoms with van der Waals surface area (Å²) in [6.07, 6.45) is 7.98. The highest BCUT2D eigenvalue weighted by Crippen LogP contribution is 2.40. The molecule has 0 aromatic heterocycles. The zero-order chi connectivity index (χ0) is 14.8. The molecular formula is C20H26O. The molecule has 1 heterocycles. The summed E-state index contributed by atoms with van der Waals surface area (Å²) in [5, 5.41) is 0. The van der Waals surface area contributed by atoms with Crippen molar-refractivity contribution >= 4 is 6.08 Å². The number of fused-ring (bicyclic) bond motifs is 1. The summed E-state index contributed by atoms with van der Waals surface area (Å²) in [6.45, 7) is 6.84. The van der Waals surface area contributed by atoms with Gasteiger partial charge in [-0.2, -0.15) is 0 Å². The molecule has 0 unspecified atom stereocenters. The molecule has 1 saturated carbocycles. The fraction of sp³-hybridized carbons (Fsp3) is 0.500. The molecule has 1 nitrogen and oxygen atoms in total. The lowest BCUT2D eigenvalue weighted by molar-refractivity contribution is -0.0147. The minimum absolute atomic E-state index is 0.233. The molecule has 1 fully saturated rings. The molecule has 0 saturated heterocycles. The smallest absolute Gasteiger partial charge is 0.0858 e. The van der Waals surface area contributed by atoms with Crippen LogP contribution in [0.25, 0.3) is 6.08 Å². The molecule has 3 rings (SSSR count). The Balaban J connectivity index is 2.03. The monoisotopic (exact) mass is 282 g/mol. The average molecular weight is 282 g/mol. The first-order chi connectivity index (χ1) is 10.2. The number of benzene rings is 1. The van der Waals surface area contributed by atoms with Gasteiger partial charge in [0.25, 0.3) is 0 Å². The Labute approximate surface area is 128 Å². The molecule has 0 N–H and O–H groups in total. The van der Waals surface area contributed by atoms with E-state index < -0.39 is 0 Å². The van der Waals surface area contributed by atoms with Crippen LogP contribution in [0.5, 0.6) is 0 Å². The van der Waals surface area contributed by atoms with Crippen LogP contribution >= 0.6 is 0 Å². The lowest BCUT2D eigenvalue weighted by Crippen LogP contribution is -2.36. The second kappa shape index (κ2) is 6.19. The van der Waals surface area contributed by atoms with Gasteiger partial charge in [-0.25, -0.2) is 0 Å². The number of hydrogen-bond acceptors (Lipinski definition) is 1. The Bertz CT molecular complexity index is 550. The van der Waals surface area contributed by atoms with Gasteiger partial charge < -0.3 is 4.74 Å². The van der Waals surface area contributed by atoms with Crippen LogP contribution in [0.1, 0.15) is 52.0 Å². The molecule has 0 spiro atoms. The van der Waals surface area contributed by atoms with E-state index in [1.54, 1.807) is 5.57 Å². The van der Waals surface area contributed by atoms with Crippen LogP contribution < -0.4 is 0 Å². The second-order valence-electron chi connectivity index (χ2n) is 6.70. The zero-order valence-corrected chi connectivity index (χ0v) is 13.4. The van der Waals surface area contributed by atoms with Gasteiger partial charge in [0.15, 0.2) is 0 Å². The number of hydrogen-bond donors (Lipinski definition) is 0. The SMILES string of the molecule is CC1=C2CCCC[C@H]2O[C@H](C(C)C)/C1=C/c1ccccc1. The van der Waals surface area contributed by atoms with Crippen molar-refractivity contribution in [2.24, 2.45) is 5.92 Å². The Morgan fingerprint density at radius 1 is 1.14 bits per heavy atom. The van der Waals surface area contributed by atoms with E-state index in [4.69, 9.17) is 4.74 Å². The molecule has 1 aromatic rings. The summed E-state index contributed by atoms with van der Waals surface area (Å²) in [5.41, 5.74) is 5.72. The Morgan fingerprint density at radius 2 is 1.90 bits per heavy atom. The minimum Gasteiger partial charge on any atom is -0.366 e. The Hall–Kier alpha value is -1.34. The molecule has 1 aliphatic carbocycles. The molecule has 2 aliphatic rings. The molecule has 1 aliphatic heterocycles. The van der Waals surface area contributed by atoms with Crippen molar-refractivity contribution in [3.63, 3.8) is 0 Å². The molecule has 21 heavy (non-hydrogen) atoms. The fourth-order valence-corrected chi connectivity index (χ4v) is 3.64. The highest BCUT2D eigenvalue weighted by atomic mass is 16.5. The molecule has 1 heteroatoms. The third-order valence-corrected chi connectivity index (χ3v) is 4.81. The van der Waals surface area contributed by atoms with Crippen molar-refractivity contribution in [1.82, 2.24) is 0 Å². The van der Waals surface area contributed by atoms with Gasteiger partial charge in [0.05, 0.1) is 12.2 Å². The molecule has 1 aromatic carbocycles. The molecular weight excluding hydrogens is 256 g/mol. The van der Waals surface area contributed by atoms with Crippen molar-refractivity contribution in [1.29, 1.82) is 0 Å². The van der Waals surface area contributed by atoms with Gasteiger partial charge in [-0.15, -0.1) is 0 Å². The minimum atomic E-state index is 0.233. The van der Waals surface area contributed by atoms with E-state index >= 15 is 0 Å². The Kier molecular flexibility index (Phi) is 4.30. The summed E-state index contributed by atoms with van der Waals surface area (Å²) in [6, 6.07) is 10.6. The maximum absolute atomic E-state index is 6.48. The van der Waals surface area contributed by atoms with Crippen LogP contribution in [-0.2, 0) is 4.74 Å². The zero-order valence-electron chi connectivity index (χ0n) is 13.4. The summed E-state index contributed by atoms with van der Waals surface area (Å²) in [7, 11) is 0. The largest absolute Gasteiger partial charge is 0.366 e. The predicted octanol–water partition coefficient (Wildman–Crippen LogP) is 5.38. The van der Waals surface area contributed by atoms with Gasteiger partial charge in [-0.1, -0.05) is 50.6 Å². The number of rotatable bonds is 2. The van der Waals surface area contributed by atoms with E-state index in [-0.39, 0.29) is 6.10 Å². The first-order valence-electron chi connectivity index (χ1n) is 8.29. The standard InChI is InChI=1S/C20H26O/c1-14(2)20-18(13-16-9-5-4-6-10-16)15(3)17-11-7-8-12-19(17)21-20/h4-6,9-10,13-14,19-20H,7-8,11-12H2,1-3H3/b18-13+/t19-,20-/m1/s1. The second-order valence-corrected chi connectivity index (χ2v) is 6.70. The Morgan fingerprint density at radius 3 is 2.62 bits per heavy atom. The molecule has 0 radical (unpaired) electrons. The van der Waals surface area contributed by atoms with Crippen LogP contribution in [-0.4, -0.2) is 12.2 Å². The maximum atomic E-state index is 6.48. The third-order valence-electron chi connectivity index (χ3n) is 4.81. The lowest BCUT2D eigenvalue weighted by atomic mass is 9.80. The topological polar surface area (TPSA) is 9.23 Å². The van der Waals surface area contributed by atoms with E-state index in [2.05, 4.69) is 57.2 Å². The lowest BCUT2D eigenvalue weighted by Gasteiger charge is -2.39. The average Bonchev–Trinajstić information content (AvgIpc) is 2.51. The quantitative estimate of drug-likeness (QED) is 0.707. The van der Waals surface area contributed by atoms with Gasteiger partial charge in [-0.05, 0) is 60.5 Å². The number of ether oxygens (including phenoxy) is 1. The van der Waals surface area contributed by atoms with Gasteiger partial charge >= 0.3 is 0 Å². The van der Waals surface area contributed by atoms with Gasteiger partial charge in [0.1, 0.15) is 0 Å². The van der Waals surface area contributed by atoms with E-state index in [0.29, 0.717) is 12.0 Å². The summed E-state index contributed by atoms with van der Waals surface area (Å²) < 4.78 is 6.48. The summed E-state index contributed by atoms with van der Waals surface area (Å²) in [4.78, 5) is 0. The van der Waals surface area contributed by atoms with Gasteiger partial charge in [0.2, 0.25) is 0 Å². The molecule has 112 valence electrons. The van der Waals surface area contributed by atoms with Crippen LogP contribution in [0.3, 0.4) is 0 Å². The van der Waals surface area contributed by atoms with Crippen molar-refractivity contribution < 1.29 is 4.74 Å². The fourth-order valence-electron chi connectivity index (χ4n) is 3.64. The van der Waals surface area contributed by atoms with Gasteiger partial charge in [0, 0.05) is 0 Å². The molecule has 2 atom stereocenters. The van der Waals surface area contributed by atoms with E-state index in [0.717, 1.165) is 0 Å². The van der Waals surface area contributed by atoms with Gasteiger partial charge in [-0.3, -0.25) is 0 Å². The van der Waals surface area contributed by atoms with Crippen LogP contribution in [0.4, 0.5) is 0 Å². The maximum Gasteiger partial charge on any atom is 0.0858 e. The molecule has 0 amide bonds. The van der Waals surface area contributed by atoms with Crippen molar-refractivity contribution in [2.75, 3.05) is 0 Å². The third kappa shape index (κ3) is 2.98. The van der Waals surface area contributed by atoms with E-state index in [1.807, 2.05) is 0 Å². The summed E-state index contributed by atoms with van der Waals surface area (Å²) in [5.74, 6) is 0.512. The first-order valence-corrected chi connectivity index (χ1v) is 8.29.